The zero-order chi connectivity index (χ0) is 12.4. The Morgan fingerprint density at radius 1 is 1.47 bits per heavy atom. The van der Waals surface area contributed by atoms with E-state index in [4.69, 9.17) is 4.74 Å². The summed E-state index contributed by atoms with van der Waals surface area (Å²) in [4.78, 5) is 0. The van der Waals surface area contributed by atoms with Crippen LogP contribution >= 0.6 is 0 Å². The second-order valence-electron chi connectivity index (χ2n) is 4.99. The van der Waals surface area contributed by atoms with Crippen molar-refractivity contribution in [2.24, 2.45) is 5.92 Å². The molecule has 2 rings (SSSR count). The fourth-order valence-electron chi connectivity index (χ4n) is 2.32. The highest BCUT2D eigenvalue weighted by Crippen LogP contribution is 2.32. The highest BCUT2D eigenvalue weighted by molar-refractivity contribution is 5.37. The smallest absolute Gasteiger partial charge is 0.123 e. The Kier molecular flexibility index (Phi) is 3.67. The molecule has 94 valence electrons. The van der Waals surface area contributed by atoms with Crippen molar-refractivity contribution < 1.29 is 9.13 Å². The fraction of sp³-hybridized carbons (Fsp3) is 0.571. The van der Waals surface area contributed by atoms with Crippen molar-refractivity contribution in [3.63, 3.8) is 0 Å². The summed E-state index contributed by atoms with van der Waals surface area (Å²) in [5.41, 5.74) is 0.999. The quantitative estimate of drug-likeness (QED) is 0.869. The molecule has 0 radical (unpaired) electrons. The molecule has 1 aliphatic heterocycles. The van der Waals surface area contributed by atoms with Crippen LogP contribution in [0.3, 0.4) is 0 Å². The molecule has 0 saturated carbocycles. The van der Waals surface area contributed by atoms with Crippen LogP contribution in [0, 0.1) is 11.7 Å². The first-order chi connectivity index (χ1) is 8.10. The van der Waals surface area contributed by atoms with Gasteiger partial charge >= 0.3 is 0 Å². The van der Waals surface area contributed by atoms with Crippen LogP contribution in [-0.4, -0.2) is 19.2 Å². The van der Waals surface area contributed by atoms with E-state index in [1.807, 2.05) is 7.05 Å². The van der Waals surface area contributed by atoms with Crippen LogP contribution in [0.25, 0.3) is 0 Å². The Labute approximate surface area is 102 Å². The first kappa shape index (κ1) is 12.4. The zero-order valence-corrected chi connectivity index (χ0v) is 10.7. The lowest BCUT2D eigenvalue weighted by Gasteiger charge is -2.22. The minimum absolute atomic E-state index is 0.176. The molecule has 2 nitrogen and oxygen atoms in total. The number of rotatable bonds is 4. The molecule has 0 amide bonds. The molecule has 3 heteroatoms. The maximum absolute atomic E-state index is 13.1. The van der Waals surface area contributed by atoms with Crippen LogP contribution in [0.2, 0.25) is 0 Å². The highest BCUT2D eigenvalue weighted by Gasteiger charge is 2.26. The summed E-state index contributed by atoms with van der Waals surface area (Å²) in [6.07, 6.45) is 2.02. The Morgan fingerprint density at radius 2 is 2.24 bits per heavy atom. The maximum atomic E-state index is 13.1. The second-order valence-corrected chi connectivity index (χ2v) is 4.99. The van der Waals surface area contributed by atoms with Crippen LogP contribution in [0.5, 0.6) is 5.75 Å². The first-order valence-electron chi connectivity index (χ1n) is 6.22. The lowest BCUT2D eigenvalue weighted by Crippen LogP contribution is -2.32. The summed E-state index contributed by atoms with van der Waals surface area (Å²) >= 11 is 0. The van der Waals surface area contributed by atoms with Gasteiger partial charge in [-0.25, -0.2) is 4.39 Å². The molecule has 3 atom stereocenters. The van der Waals surface area contributed by atoms with Gasteiger partial charge in [0, 0.05) is 18.0 Å². The zero-order valence-electron chi connectivity index (χ0n) is 10.7. The van der Waals surface area contributed by atoms with E-state index in [-0.39, 0.29) is 11.9 Å². The van der Waals surface area contributed by atoms with Crippen LogP contribution in [0.4, 0.5) is 4.39 Å². The van der Waals surface area contributed by atoms with Crippen molar-refractivity contribution in [3.05, 3.63) is 29.6 Å². The van der Waals surface area contributed by atoms with Crippen LogP contribution in [-0.2, 0) is 6.42 Å². The van der Waals surface area contributed by atoms with E-state index in [1.165, 1.54) is 6.07 Å². The van der Waals surface area contributed by atoms with Crippen LogP contribution in [0.1, 0.15) is 25.8 Å². The van der Waals surface area contributed by atoms with E-state index < -0.39 is 0 Å². The van der Waals surface area contributed by atoms with Crippen molar-refractivity contribution >= 4 is 0 Å². The molecule has 0 aromatic heterocycles. The van der Waals surface area contributed by atoms with E-state index in [9.17, 15) is 4.39 Å². The minimum atomic E-state index is -0.176. The van der Waals surface area contributed by atoms with Crippen molar-refractivity contribution in [1.29, 1.82) is 0 Å². The summed E-state index contributed by atoms with van der Waals surface area (Å²) in [6.45, 7) is 4.39. The van der Waals surface area contributed by atoms with Gasteiger partial charge in [0.05, 0.1) is 0 Å². The van der Waals surface area contributed by atoms with Crippen molar-refractivity contribution in [1.82, 2.24) is 5.32 Å². The molecule has 0 fully saturated rings. The molecular formula is C14H20FNO. The van der Waals surface area contributed by atoms with Crippen molar-refractivity contribution in [2.75, 3.05) is 7.05 Å². The molecule has 3 unspecified atom stereocenters. The number of nitrogens with one attached hydrogen (secondary N) is 1. The maximum Gasteiger partial charge on any atom is 0.123 e. The summed E-state index contributed by atoms with van der Waals surface area (Å²) in [6, 6.07) is 5.25. The largest absolute Gasteiger partial charge is 0.490 e. The Hall–Kier alpha value is -1.09. The standard InChI is InChI=1S/C14H20FNO/c1-9(10(2)16-3)6-13-8-11-7-12(15)4-5-14(11)17-13/h4-5,7,9-10,13,16H,6,8H2,1-3H3. The predicted molar refractivity (Wildman–Crippen MR) is 66.8 cm³/mol. The third-order valence-corrected chi connectivity index (χ3v) is 3.71. The number of ether oxygens (including phenoxy) is 1. The van der Waals surface area contributed by atoms with Gasteiger partial charge in [-0.1, -0.05) is 6.92 Å². The Bertz CT molecular complexity index is 394. The summed E-state index contributed by atoms with van der Waals surface area (Å²) in [5, 5.41) is 3.25. The first-order valence-corrected chi connectivity index (χ1v) is 6.22. The van der Waals surface area contributed by atoms with Gasteiger partial charge < -0.3 is 10.1 Å². The molecule has 0 bridgehead atoms. The van der Waals surface area contributed by atoms with E-state index in [2.05, 4.69) is 19.2 Å². The van der Waals surface area contributed by atoms with Gasteiger partial charge in [-0.15, -0.1) is 0 Å². The number of benzene rings is 1. The molecule has 1 aromatic carbocycles. The van der Waals surface area contributed by atoms with E-state index in [0.717, 1.165) is 24.2 Å². The SMILES string of the molecule is CNC(C)C(C)CC1Cc2cc(F)ccc2O1. The fourth-order valence-corrected chi connectivity index (χ4v) is 2.32. The van der Waals surface area contributed by atoms with Gasteiger partial charge in [0.2, 0.25) is 0 Å². The van der Waals surface area contributed by atoms with Gasteiger partial charge in [0.25, 0.3) is 0 Å². The van der Waals surface area contributed by atoms with Gasteiger partial charge in [-0.2, -0.15) is 0 Å². The highest BCUT2D eigenvalue weighted by atomic mass is 19.1. The molecule has 1 N–H and O–H groups in total. The van der Waals surface area contributed by atoms with E-state index >= 15 is 0 Å². The molecular weight excluding hydrogens is 217 g/mol. The third-order valence-electron chi connectivity index (χ3n) is 3.71. The average molecular weight is 237 g/mol. The molecule has 0 aliphatic carbocycles. The molecule has 0 spiro atoms. The van der Waals surface area contributed by atoms with Crippen LogP contribution < -0.4 is 10.1 Å². The second kappa shape index (κ2) is 5.05. The van der Waals surface area contributed by atoms with Gasteiger partial charge in [-0.3, -0.25) is 0 Å². The van der Waals surface area contributed by atoms with E-state index in [0.29, 0.717) is 12.0 Å². The molecule has 1 heterocycles. The molecule has 0 saturated heterocycles. The normalized spacial score (nSPS) is 21.8. The van der Waals surface area contributed by atoms with Gasteiger partial charge in [-0.05, 0) is 44.5 Å². The Morgan fingerprint density at radius 3 is 2.94 bits per heavy atom. The van der Waals surface area contributed by atoms with Crippen LogP contribution in [0.15, 0.2) is 18.2 Å². The van der Waals surface area contributed by atoms with E-state index in [1.54, 1.807) is 12.1 Å². The number of hydrogen-bond donors (Lipinski definition) is 1. The number of hydrogen-bond acceptors (Lipinski definition) is 2. The van der Waals surface area contributed by atoms with Crippen molar-refractivity contribution in [3.8, 4) is 5.75 Å². The molecule has 1 aromatic rings. The molecule has 1 aliphatic rings. The average Bonchev–Trinajstić information content (AvgIpc) is 2.69. The predicted octanol–water partition coefficient (Wildman–Crippen LogP) is 2.76. The lowest BCUT2D eigenvalue weighted by molar-refractivity contribution is 0.186. The van der Waals surface area contributed by atoms with Gasteiger partial charge in [0.15, 0.2) is 0 Å². The monoisotopic (exact) mass is 237 g/mol. The summed E-state index contributed by atoms with van der Waals surface area (Å²) in [7, 11) is 1.97. The molecule has 17 heavy (non-hydrogen) atoms. The summed E-state index contributed by atoms with van der Waals surface area (Å²) < 4.78 is 18.9. The number of halogens is 1. The number of fused-ring (bicyclic) bond motifs is 1. The summed E-state index contributed by atoms with van der Waals surface area (Å²) in [5.74, 6) is 1.22. The van der Waals surface area contributed by atoms with Gasteiger partial charge in [0.1, 0.15) is 17.7 Å². The minimum Gasteiger partial charge on any atom is -0.490 e. The Balaban J connectivity index is 1.96. The third kappa shape index (κ3) is 2.78. The lowest BCUT2D eigenvalue weighted by atomic mass is 9.94. The van der Waals surface area contributed by atoms with Crippen molar-refractivity contribution in [2.45, 2.75) is 38.8 Å². The topological polar surface area (TPSA) is 21.3 Å².